The topological polar surface area (TPSA) is 37.8 Å². The van der Waals surface area contributed by atoms with Gasteiger partial charge in [0.25, 0.3) is 0 Å². The first-order valence-corrected chi connectivity index (χ1v) is 8.13. The maximum Gasteiger partial charge on any atom is 0.143 e. The molecule has 0 unspecified atom stereocenters. The van der Waals surface area contributed by atoms with E-state index in [4.69, 9.17) is 0 Å². The van der Waals surface area contributed by atoms with Crippen LogP contribution in [0.3, 0.4) is 0 Å². The molecule has 0 bridgehead atoms. The molecule has 0 aliphatic rings. The van der Waals surface area contributed by atoms with Gasteiger partial charge in [-0.3, -0.25) is 4.98 Å². The van der Waals surface area contributed by atoms with Gasteiger partial charge in [0.2, 0.25) is 0 Å². The van der Waals surface area contributed by atoms with Crippen molar-refractivity contribution < 1.29 is 0 Å². The summed E-state index contributed by atoms with van der Waals surface area (Å²) in [4.78, 5) is 8.98. The first-order chi connectivity index (χ1) is 8.70. The average Bonchev–Trinajstić information content (AvgIpc) is 2.78. The van der Waals surface area contributed by atoms with Gasteiger partial charge in [-0.1, -0.05) is 6.92 Å². The Morgan fingerprint density at radius 3 is 2.94 bits per heavy atom. The van der Waals surface area contributed by atoms with Crippen molar-refractivity contribution in [3.8, 4) is 10.7 Å². The molecule has 0 fully saturated rings. The molecule has 0 spiro atoms. The summed E-state index contributed by atoms with van der Waals surface area (Å²) in [5.74, 6) is 0. The Labute approximate surface area is 127 Å². The number of nitrogens with zero attached hydrogens (tertiary/aromatic N) is 2. The monoisotopic (exact) mass is 389 g/mol. The molecular formula is C12H13Br2N3S. The number of thiazole rings is 1. The predicted octanol–water partition coefficient (Wildman–Crippen LogP) is 4.23. The van der Waals surface area contributed by atoms with E-state index in [0.29, 0.717) is 0 Å². The van der Waals surface area contributed by atoms with Crippen molar-refractivity contribution >= 4 is 43.2 Å². The fourth-order valence-electron chi connectivity index (χ4n) is 1.46. The normalized spacial score (nSPS) is 10.8. The highest BCUT2D eigenvalue weighted by atomic mass is 79.9. The van der Waals surface area contributed by atoms with Crippen LogP contribution in [0.2, 0.25) is 0 Å². The lowest BCUT2D eigenvalue weighted by Crippen LogP contribution is -2.13. The molecule has 2 aromatic heterocycles. The van der Waals surface area contributed by atoms with Crippen molar-refractivity contribution in [3.63, 3.8) is 0 Å². The molecule has 0 aliphatic carbocycles. The van der Waals surface area contributed by atoms with E-state index >= 15 is 0 Å². The molecule has 6 heteroatoms. The summed E-state index contributed by atoms with van der Waals surface area (Å²) in [6.07, 6.45) is 2.92. The molecule has 3 nitrogen and oxygen atoms in total. The van der Waals surface area contributed by atoms with Crippen molar-refractivity contribution in [2.24, 2.45) is 0 Å². The Morgan fingerprint density at radius 1 is 1.39 bits per heavy atom. The van der Waals surface area contributed by atoms with Gasteiger partial charge in [-0.05, 0) is 50.9 Å². The molecule has 1 N–H and O–H groups in total. The quantitative estimate of drug-likeness (QED) is 0.776. The maximum absolute atomic E-state index is 4.59. The first kappa shape index (κ1) is 14.1. The van der Waals surface area contributed by atoms with E-state index in [1.165, 1.54) is 0 Å². The van der Waals surface area contributed by atoms with Gasteiger partial charge in [0.05, 0.1) is 5.69 Å². The number of hydrogen-bond acceptors (Lipinski definition) is 4. The third kappa shape index (κ3) is 3.60. The maximum atomic E-state index is 4.59. The van der Waals surface area contributed by atoms with Gasteiger partial charge in [-0.15, -0.1) is 11.3 Å². The van der Waals surface area contributed by atoms with Gasteiger partial charge in [0.15, 0.2) is 0 Å². The van der Waals surface area contributed by atoms with Crippen LogP contribution in [0.25, 0.3) is 10.7 Å². The number of nitrogens with one attached hydrogen (secondary N) is 1. The molecule has 0 aromatic carbocycles. The minimum atomic E-state index is 0.818. The van der Waals surface area contributed by atoms with Crippen LogP contribution < -0.4 is 5.32 Å². The zero-order chi connectivity index (χ0) is 13.0. The first-order valence-electron chi connectivity index (χ1n) is 5.67. The molecule has 0 saturated heterocycles. The van der Waals surface area contributed by atoms with Gasteiger partial charge in [0.1, 0.15) is 10.7 Å². The molecular weight excluding hydrogens is 378 g/mol. The van der Waals surface area contributed by atoms with Crippen molar-refractivity contribution in [2.75, 3.05) is 6.54 Å². The Bertz CT molecular complexity index is 528. The van der Waals surface area contributed by atoms with Crippen LogP contribution in [0.4, 0.5) is 0 Å². The summed E-state index contributed by atoms with van der Waals surface area (Å²) in [6.45, 7) is 3.99. The summed E-state index contributed by atoms with van der Waals surface area (Å²) in [5.41, 5.74) is 1.96. The van der Waals surface area contributed by atoms with E-state index in [1.807, 2.05) is 6.07 Å². The van der Waals surface area contributed by atoms with Gasteiger partial charge < -0.3 is 5.32 Å². The average molecular weight is 391 g/mol. The second kappa shape index (κ2) is 6.75. The molecule has 2 rings (SSSR count). The van der Waals surface area contributed by atoms with Gasteiger partial charge >= 0.3 is 0 Å². The molecule has 0 amide bonds. The number of rotatable bonds is 5. The second-order valence-corrected chi connectivity index (χ2v) is 6.43. The van der Waals surface area contributed by atoms with E-state index in [1.54, 1.807) is 17.5 Å². The van der Waals surface area contributed by atoms with Crippen molar-refractivity contribution in [1.82, 2.24) is 15.3 Å². The molecule has 2 heterocycles. The Balaban J connectivity index is 2.13. The molecule has 96 valence electrons. The number of halogens is 2. The molecule has 2 aromatic rings. The molecule has 0 atom stereocenters. The third-order valence-electron chi connectivity index (χ3n) is 2.30. The smallest absolute Gasteiger partial charge is 0.143 e. The minimum absolute atomic E-state index is 0.818. The third-order valence-corrected chi connectivity index (χ3v) is 4.23. The SMILES string of the molecule is CCCNCc1csc(-c2ncc(Br)cc2Br)n1. The number of hydrogen-bond donors (Lipinski definition) is 1. The van der Waals surface area contributed by atoms with E-state index < -0.39 is 0 Å². The zero-order valence-electron chi connectivity index (χ0n) is 9.91. The lowest BCUT2D eigenvalue weighted by atomic mass is 10.3. The van der Waals surface area contributed by atoms with E-state index in [9.17, 15) is 0 Å². The molecule has 0 aliphatic heterocycles. The standard InChI is InChI=1S/C12H13Br2N3S/c1-2-3-15-6-9-7-18-12(17-9)11-10(14)4-8(13)5-16-11/h4-5,7,15H,2-3,6H2,1H3. The summed E-state index contributed by atoms with van der Waals surface area (Å²) in [5, 5.41) is 6.37. The van der Waals surface area contributed by atoms with Crippen LogP contribution in [-0.4, -0.2) is 16.5 Å². The van der Waals surface area contributed by atoms with Crippen LogP contribution >= 0.6 is 43.2 Å². The Kier molecular flexibility index (Phi) is 5.29. The fourth-order valence-corrected chi connectivity index (χ4v) is 3.60. The molecule has 0 radical (unpaired) electrons. The molecule has 18 heavy (non-hydrogen) atoms. The second-order valence-electron chi connectivity index (χ2n) is 3.80. The van der Waals surface area contributed by atoms with Crippen LogP contribution in [0.1, 0.15) is 19.0 Å². The van der Waals surface area contributed by atoms with E-state index in [-0.39, 0.29) is 0 Å². The van der Waals surface area contributed by atoms with Crippen molar-refractivity contribution in [3.05, 3.63) is 32.3 Å². The summed E-state index contributed by atoms with van der Waals surface area (Å²) in [7, 11) is 0. The highest BCUT2D eigenvalue weighted by Crippen LogP contribution is 2.30. The highest BCUT2D eigenvalue weighted by molar-refractivity contribution is 9.11. The summed E-state index contributed by atoms with van der Waals surface area (Å²) < 4.78 is 1.92. The van der Waals surface area contributed by atoms with Gasteiger partial charge in [0, 0.05) is 27.1 Å². The van der Waals surface area contributed by atoms with Gasteiger partial charge in [-0.2, -0.15) is 0 Å². The lowest BCUT2D eigenvalue weighted by molar-refractivity contribution is 0.667. The summed E-state index contributed by atoms with van der Waals surface area (Å²) in [6, 6.07) is 1.98. The largest absolute Gasteiger partial charge is 0.311 e. The minimum Gasteiger partial charge on any atom is -0.311 e. The zero-order valence-corrected chi connectivity index (χ0v) is 13.9. The number of pyridine rings is 1. The lowest BCUT2D eigenvalue weighted by Gasteiger charge is -2.00. The Hall–Kier alpha value is -0.300. The molecule has 0 saturated carbocycles. The van der Waals surface area contributed by atoms with E-state index in [0.717, 1.165) is 44.9 Å². The summed E-state index contributed by atoms with van der Waals surface area (Å²) >= 11 is 8.53. The van der Waals surface area contributed by atoms with Gasteiger partial charge in [-0.25, -0.2) is 4.98 Å². The number of aromatic nitrogens is 2. The van der Waals surface area contributed by atoms with Crippen LogP contribution in [0, 0.1) is 0 Å². The fraction of sp³-hybridized carbons (Fsp3) is 0.333. The van der Waals surface area contributed by atoms with E-state index in [2.05, 4.69) is 59.4 Å². The Morgan fingerprint density at radius 2 is 2.22 bits per heavy atom. The van der Waals surface area contributed by atoms with Crippen LogP contribution in [-0.2, 0) is 6.54 Å². The highest BCUT2D eigenvalue weighted by Gasteiger charge is 2.10. The predicted molar refractivity (Wildman–Crippen MR) is 82.7 cm³/mol. The van der Waals surface area contributed by atoms with Crippen molar-refractivity contribution in [1.29, 1.82) is 0 Å². The van der Waals surface area contributed by atoms with Crippen molar-refractivity contribution in [2.45, 2.75) is 19.9 Å². The van der Waals surface area contributed by atoms with Crippen LogP contribution in [0.5, 0.6) is 0 Å². The van der Waals surface area contributed by atoms with Crippen LogP contribution in [0.15, 0.2) is 26.6 Å².